The van der Waals surface area contributed by atoms with E-state index in [-0.39, 0.29) is 11.9 Å². The number of carbonyl (C=O) groups is 2. The van der Waals surface area contributed by atoms with Crippen molar-refractivity contribution in [1.29, 1.82) is 0 Å². The summed E-state index contributed by atoms with van der Waals surface area (Å²) in [5.74, 6) is 0.395. The van der Waals surface area contributed by atoms with E-state index >= 15 is 0 Å². The van der Waals surface area contributed by atoms with Crippen LogP contribution in [0.5, 0.6) is 5.75 Å². The van der Waals surface area contributed by atoms with Gasteiger partial charge in [-0.1, -0.05) is 42.0 Å². The maximum atomic E-state index is 12.9. The Morgan fingerprint density at radius 2 is 1.67 bits per heavy atom. The first kappa shape index (κ1) is 20.9. The molecule has 3 aromatic rings. The van der Waals surface area contributed by atoms with Crippen LogP contribution in [0.25, 0.3) is 0 Å². The van der Waals surface area contributed by atoms with Gasteiger partial charge < -0.3 is 15.4 Å². The van der Waals surface area contributed by atoms with Crippen molar-refractivity contribution in [3.63, 3.8) is 0 Å². The highest BCUT2D eigenvalue weighted by Gasteiger charge is 2.16. The first-order chi connectivity index (χ1) is 14.6. The maximum absolute atomic E-state index is 12.9. The second kappa shape index (κ2) is 10.1. The number of anilines is 2. The second-order valence-electron chi connectivity index (χ2n) is 6.77. The summed E-state index contributed by atoms with van der Waals surface area (Å²) in [4.78, 5) is 27.0. The van der Waals surface area contributed by atoms with E-state index in [1.54, 1.807) is 36.3 Å². The largest absolute Gasteiger partial charge is 0.497 e. The lowest BCUT2D eigenvalue weighted by molar-refractivity contribution is 0.0954. The molecule has 0 unspecified atom stereocenters. The number of nitrogens with zero attached hydrogens (tertiary/aromatic N) is 1. The number of carbonyl (C=O) groups excluding carboxylic acids is 2. The molecule has 2 N–H and O–H groups in total. The monoisotopic (exact) mass is 403 g/mol. The maximum Gasteiger partial charge on any atom is 0.326 e. The standard InChI is InChI=1S/C24H25N3O3/c1-18-11-13-20(14-12-18)26-24(29)27(21-8-4-3-5-9-21)16-15-25-23(28)19-7-6-10-22(17-19)30-2/h3-14,17H,15-16H2,1-2H3,(H,25,28)(H,26,29). The van der Waals surface area contributed by atoms with E-state index in [1.165, 1.54) is 0 Å². The van der Waals surface area contributed by atoms with Gasteiger partial charge in [-0.15, -0.1) is 0 Å². The SMILES string of the molecule is COc1cccc(C(=O)NCCN(C(=O)Nc2ccc(C)cc2)c2ccccc2)c1. The Kier molecular flexibility index (Phi) is 7.05. The van der Waals surface area contributed by atoms with Gasteiger partial charge in [0, 0.05) is 30.0 Å². The van der Waals surface area contributed by atoms with Gasteiger partial charge in [0.2, 0.25) is 0 Å². The van der Waals surface area contributed by atoms with Crippen LogP contribution >= 0.6 is 0 Å². The molecule has 30 heavy (non-hydrogen) atoms. The Labute approximate surface area is 176 Å². The Hall–Kier alpha value is -3.80. The quantitative estimate of drug-likeness (QED) is 0.611. The lowest BCUT2D eigenvalue weighted by Gasteiger charge is -2.23. The first-order valence-corrected chi connectivity index (χ1v) is 9.69. The fourth-order valence-electron chi connectivity index (χ4n) is 2.93. The molecule has 0 bridgehead atoms. The molecule has 0 aliphatic carbocycles. The molecule has 0 aliphatic rings. The zero-order valence-corrected chi connectivity index (χ0v) is 17.1. The third-order valence-corrected chi connectivity index (χ3v) is 4.57. The highest BCUT2D eigenvalue weighted by atomic mass is 16.5. The average molecular weight is 403 g/mol. The summed E-state index contributed by atoms with van der Waals surface area (Å²) in [6.07, 6.45) is 0. The van der Waals surface area contributed by atoms with Crippen LogP contribution in [0.3, 0.4) is 0 Å². The van der Waals surface area contributed by atoms with Crippen LogP contribution in [0.15, 0.2) is 78.9 Å². The van der Waals surface area contributed by atoms with Crippen LogP contribution < -0.4 is 20.3 Å². The molecule has 0 atom stereocenters. The predicted molar refractivity (Wildman–Crippen MR) is 119 cm³/mol. The van der Waals surface area contributed by atoms with Gasteiger partial charge in [0.05, 0.1) is 7.11 Å². The first-order valence-electron chi connectivity index (χ1n) is 9.69. The lowest BCUT2D eigenvalue weighted by atomic mass is 10.2. The van der Waals surface area contributed by atoms with Crippen LogP contribution in [0.4, 0.5) is 16.2 Å². The van der Waals surface area contributed by atoms with E-state index in [2.05, 4.69) is 10.6 Å². The average Bonchev–Trinajstić information content (AvgIpc) is 2.78. The van der Waals surface area contributed by atoms with E-state index in [4.69, 9.17) is 4.74 Å². The molecule has 0 radical (unpaired) electrons. The van der Waals surface area contributed by atoms with Crippen LogP contribution in [-0.2, 0) is 0 Å². The van der Waals surface area contributed by atoms with Crippen LogP contribution in [-0.4, -0.2) is 32.1 Å². The number of nitrogens with one attached hydrogen (secondary N) is 2. The number of hydrogen-bond donors (Lipinski definition) is 2. The lowest BCUT2D eigenvalue weighted by Crippen LogP contribution is -2.41. The number of urea groups is 1. The van der Waals surface area contributed by atoms with Crippen molar-refractivity contribution in [1.82, 2.24) is 5.32 Å². The number of rotatable bonds is 7. The summed E-state index contributed by atoms with van der Waals surface area (Å²) in [6, 6.07) is 23.6. The van der Waals surface area contributed by atoms with Crippen molar-refractivity contribution in [3.05, 3.63) is 90.0 Å². The minimum Gasteiger partial charge on any atom is -0.497 e. The summed E-state index contributed by atoms with van der Waals surface area (Å²) < 4.78 is 5.16. The van der Waals surface area contributed by atoms with Crippen molar-refractivity contribution in [3.8, 4) is 5.75 Å². The number of methoxy groups -OCH3 is 1. The summed E-state index contributed by atoms with van der Waals surface area (Å²) >= 11 is 0. The Morgan fingerprint density at radius 1 is 0.933 bits per heavy atom. The molecular formula is C24H25N3O3. The van der Waals surface area contributed by atoms with Crippen LogP contribution in [0.2, 0.25) is 0 Å². The van der Waals surface area contributed by atoms with E-state index in [0.717, 1.165) is 11.3 Å². The number of amides is 3. The summed E-state index contributed by atoms with van der Waals surface area (Å²) in [6.45, 7) is 2.61. The van der Waals surface area contributed by atoms with Gasteiger partial charge in [-0.25, -0.2) is 4.79 Å². The fraction of sp³-hybridized carbons (Fsp3) is 0.167. The molecule has 0 saturated heterocycles. The van der Waals surface area contributed by atoms with E-state index in [0.29, 0.717) is 30.1 Å². The fourth-order valence-corrected chi connectivity index (χ4v) is 2.93. The molecule has 0 spiro atoms. The smallest absolute Gasteiger partial charge is 0.326 e. The van der Waals surface area contributed by atoms with Gasteiger partial charge in [0.1, 0.15) is 5.75 Å². The number of benzene rings is 3. The highest BCUT2D eigenvalue weighted by Crippen LogP contribution is 2.16. The highest BCUT2D eigenvalue weighted by molar-refractivity contribution is 6.02. The molecule has 6 nitrogen and oxygen atoms in total. The van der Waals surface area contributed by atoms with E-state index in [9.17, 15) is 9.59 Å². The molecule has 0 fully saturated rings. The second-order valence-corrected chi connectivity index (χ2v) is 6.77. The molecule has 0 aromatic heterocycles. The van der Waals surface area contributed by atoms with Crippen LogP contribution in [0, 0.1) is 6.92 Å². The van der Waals surface area contributed by atoms with Crippen molar-refractivity contribution in [2.24, 2.45) is 0 Å². The van der Waals surface area contributed by atoms with Gasteiger partial charge >= 0.3 is 6.03 Å². The topological polar surface area (TPSA) is 70.7 Å². The zero-order chi connectivity index (χ0) is 21.3. The Balaban J connectivity index is 1.66. The molecule has 3 amide bonds. The zero-order valence-electron chi connectivity index (χ0n) is 17.1. The van der Waals surface area contributed by atoms with E-state index in [1.807, 2.05) is 61.5 Å². The van der Waals surface area contributed by atoms with Crippen molar-refractivity contribution in [2.75, 3.05) is 30.4 Å². The van der Waals surface area contributed by atoms with Crippen molar-refractivity contribution < 1.29 is 14.3 Å². The van der Waals surface area contributed by atoms with Gasteiger partial charge in [0.25, 0.3) is 5.91 Å². The molecule has 154 valence electrons. The number of aryl methyl sites for hydroxylation is 1. The Morgan fingerprint density at radius 3 is 2.37 bits per heavy atom. The molecule has 3 rings (SSSR count). The van der Waals surface area contributed by atoms with Gasteiger partial charge in [0.15, 0.2) is 0 Å². The molecule has 6 heteroatoms. The normalized spacial score (nSPS) is 10.2. The minimum atomic E-state index is -0.263. The number of para-hydroxylation sites is 1. The van der Waals surface area contributed by atoms with E-state index < -0.39 is 0 Å². The molecule has 0 aliphatic heterocycles. The van der Waals surface area contributed by atoms with Gasteiger partial charge in [-0.2, -0.15) is 0 Å². The number of ether oxygens (including phenoxy) is 1. The summed E-state index contributed by atoms with van der Waals surface area (Å²) in [5, 5.41) is 5.77. The predicted octanol–water partition coefficient (Wildman–Crippen LogP) is 4.47. The minimum absolute atomic E-state index is 0.221. The molecule has 3 aromatic carbocycles. The van der Waals surface area contributed by atoms with Crippen molar-refractivity contribution in [2.45, 2.75) is 6.92 Å². The Bertz CT molecular complexity index is 988. The third-order valence-electron chi connectivity index (χ3n) is 4.57. The van der Waals surface area contributed by atoms with Crippen molar-refractivity contribution >= 4 is 23.3 Å². The summed E-state index contributed by atoms with van der Waals surface area (Å²) in [5.41, 5.74) is 3.09. The third kappa shape index (κ3) is 5.61. The molecule has 0 heterocycles. The van der Waals surface area contributed by atoms with Gasteiger partial charge in [-0.05, 0) is 49.4 Å². The number of hydrogen-bond acceptors (Lipinski definition) is 3. The van der Waals surface area contributed by atoms with Crippen LogP contribution in [0.1, 0.15) is 15.9 Å². The molecular weight excluding hydrogens is 378 g/mol. The van der Waals surface area contributed by atoms with Gasteiger partial charge in [-0.3, -0.25) is 9.69 Å². The molecule has 0 saturated carbocycles. The summed E-state index contributed by atoms with van der Waals surface area (Å²) in [7, 11) is 1.56.